The predicted molar refractivity (Wildman–Crippen MR) is 73.3 cm³/mol. The third kappa shape index (κ3) is 3.70. The quantitative estimate of drug-likeness (QED) is 0.892. The van der Waals surface area contributed by atoms with Gasteiger partial charge in [-0.25, -0.2) is 0 Å². The van der Waals surface area contributed by atoms with Gasteiger partial charge in [0.15, 0.2) is 0 Å². The van der Waals surface area contributed by atoms with E-state index in [1.165, 1.54) is 5.56 Å². The van der Waals surface area contributed by atoms with Gasteiger partial charge in [-0.05, 0) is 45.6 Å². The van der Waals surface area contributed by atoms with Crippen LogP contribution in [-0.4, -0.2) is 29.7 Å². The number of aliphatic hydroxyl groups is 1. The summed E-state index contributed by atoms with van der Waals surface area (Å²) >= 11 is 5.90. The molecule has 2 atom stereocenters. The fourth-order valence-electron chi connectivity index (χ4n) is 2.08. The maximum absolute atomic E-state index is 10.2. The van der Waals surface area contributed by atoms with Gasteiger partial charge < -0.3 is 10.0 Å². The zero-order valence-electron chi connectivity index (χ0n) is 11.2. The molecule has 96 valence electrons. The van der Waals surface area contributed by atoms with Gasteiger partial charge in [0.25, 0.3) is 0 Å². The molecule has 3 heteroatoms. The maximum atomic E-state index is 10.2. The molecule has 0 amide bonds. The zero-order valence-corrected chi connectivity index (χ0v) is 12.0. The Bertz CT molecular complexity index is 353. The Hall–Kier alpha value is -0.570. The van der Waals surface area contributed by atoms with Gasteiger partial charge in [0, 0.05) is 17.0 Å². The Labute approximate surface area is 109 Å². The lowest BCUT2D eigenvalue weighted by Crippen LogP contribution is -2.38. The van der Waals surface area contributed by atoms with E-state index in [0.717, 1.165) is 5.02 Å². The van der Waals surface area contributed by atoms with Crippen molar-refractivity contribution >= 4 is 11.6 Å². The van der Waals surface area contributed by atoms with Gasteiger partial charge in [0.2, 0.25) is 0 Å². The summed E-state index contributed by atoms with van der Waals surface area (Å²) in [6.45, 7) is 5.77. The number of nitrogens with zero attached hydrogens (tertiary/aromatic N) is 1. The van der Waals surface area contributed by atoms with Gasteiger partial charge in [0.1, 0.15) is 0 Å². The molecule has 1 N–H and O–H groups in total. The first-order valence-electron chi connectivity index (χ1n) is 5.87. The molecule has 2 nitrogen and oxygen atoms in total. The lowest BCUT2D eigenvalue weighted by atomic mass is 9.82. The van der Waals surface area contributed by atoms with E-state index in [1.807, 2.05) is 52.2 Å². The van der Waals surface area contributed by atoms with Crippen molar-refractivity contribution in [3.8, 4) is 0 Å². The van der Waals surface area contributed by atoms with Crippen LogP contribution in [0.15, 0.2) is 24.3 Å². The Kier molecular flexibility index (Phi) is 4.59. The van der Waals surface area contributed by atoms with Crippen LogP contribution in [0.1, 0.15) is 32.4 Å². The SMILES string of the molecule is CC(C(c1ccc(Cl)cc1)N(C)C)C(C)(C)O. The van der Waals surface area contributed by atoms with Crippen molar-refractivity contribution in [1.82, 2.24) is 4.90 Å². The van der Waals surface area contributed by atoms with Gasteiger partial charge in [-0.1, -0.05) is 30.7 Å². The second-order valence-corrected chi connectivity index (χ2v) is 5.84. The lowest BCUT2D eigenvalue weighted by Gasteiger charge is -2.37. The maximum Gasteiger partial charge on any atom is 0.0635 e. The Balaban J connectivity index is 3.06. The Morgan fingerprint density at radius 1 is 1.18 bits per heavy atom. The van der Waals surface area contributed by atoms with Crippen molar-refractivity contribution in [2.75, 3.05) is 14.1 Å². The van der Waals surface area contributed by atoms with Gasteiger partial charge in [-0.3, -0.25) is 0 Å². The molecule has 17 heavy (non-hydrogen) atoms. The summed E-state index contributed by atoms with van der Waals surface area (Å²) in [5.74, 6) is 0.124. The van der Waals surface area contributed by atoms with E-state index >= 15 is 0 Å². The van der Waals surface area contributed by atoms with Gasteiger partial charge >= 0.3 is 0 Å². The number of rotatable bonds is 4. The summed E-state index contributed by atoms with van der Waals surface area (Å²) in [6, 6.07) is 8.01. The second kappa shape index (κ2) is 5.38. The smallest absolute Gasteiger partial charge is 0.0635 e. The third-order valence-corrected chi connectivity index (χ3v) is 3.61. The van der Waals surface area contributed by atoms with Crippen LogP contribution in [0, 0.1) is 5.92 Å². The van der Waals surface area contributed by atoms with Crippen LogP contribution >= 0.6 is 11.6 Å². The van der Waals surface area contributed by atoms with Gasteiger partial charge in [0.05, 0.1) is 5.60 Å². The molecule has 0 aliphatic heterocycles. The van der Waals surface area contributed by atoms with Crippen LogP contribution in [0.4, 0.5) is 0 Å². The van der Waals surface area contributed by atoms with Crippen molar-refractivity contribution in [3.63, 3.8) is 0 Å². The molecular formula is C14H22ClNO. The Morgan fingerprint density at radius 3 is 2.00 bits per heavy atom. The number of halogens is 1. The molecule has 0 aliphatic rings. The molecule has 0 radical (unpaired) electrons. The number of hydrogen-bond donors (Lipinski definition) is 1. The lowest BCUT2D eigenvalue weighted by molar-refractivity contribution is -0.0116. The largest absolute Gasteiger partial charge is 0.390 e. The molecule has 0 spiro atoms. The first-order valence-corrected chi connectivity index (χ1v) is 6.25. The average Bonchev–Trinajstić information content (AvgIpc) is 2.19. The van der Waals surface area contributed by atoms with Crippen LogP contribution in [0.5, 0.6) is 0 Å². The highest BCUT2D eigenvalue weighted by Gasteiger charge is 2.32. The van der Waals surface area contributed by atoms with Crippen molar-refractivity contribution in [2.45, 2.75) is 32.4 Å². The van der Waals surface area contributed by atoms with Crippen LogP contribution in [0.2, 0.25) is 5.02 Å². The van der Waals surface area contributed by atoms with E-state index < -0.39 is 5.60 Å². The van der Waals surface area contributed by atoms with Crippen molar-refractivity contribution in [3.05, 3.63) is 34.9 Å². The van der Waals surface area contributed by atoms with Crippen LogP contribution < -0.4 is 0 Å². The highest BCUT2D eigenvalue weighted by atomic mass is 35.5. The fourth-order valence-corrected chi connectivity index (χ4v) is 2.21. The molecule has 0 heterocycles. The van der Waals surface area contributed by atoms with Crippen molar-refractivity contribution in [1.29, 1.82) is 0 Å². The molecule has 1 rings (SSSR count). The molecule has 1 aromatic rings. The van der Waals surface area contributed by atoms with Crippen molar-refractivity contribution < 1.29 is 5.11 Å². The molecule has 2 unspecified atom stereocenters. The molecule has 0 fully saturated rings. The minimum Gasteiger partial charge on any atom is -0.390 e. The topological polar surface area (TPSA) is 23.5 Å². The summed E-state index contributed by atoms with van der Waals surface area (Å²) in [6.07, 6.45) is 0. The first kappa shape index (κ1) is 14.5. The molecule has 0 aromatic heterocycles. The summed E-state index contributed by atoms with van der Waals surface area (Å²) in [5.41, 5.74) is 0.461. The fraction of sp³-hybridized carbons (Fsp3) is 0.571. The van der Waals surface area contributed by atoms with Crippen molar-refractivity contribution in [2.24, 2.45) is 5.92 Å². The Morgan fingerprint density at radius 2 is 1.65 bits per heavy atom. The zero-order chi connectivity index (χ0) is 13.2. The van der Waals surface area contributed by atoms with Crippen LogP contribution in [0.25, 0.3) is 0 Å². The monoisotopic (exact) mass is 255 g/mol. The first-order chi connectivity index (χ1) is 7.73. The second-order valence-electron chi connectivity index (χ2n) is 5.40. The van der Waals surface area contributed by atoms with E-state index in [0.29, 0.717) is 0 Å². The summed E-state index contributed by atoms with van der Waals surface area (Å²) in [7, 11) is 4.06. The predicted octanol–water partition coefficient (Wildman–Crippen LogP) is 3.35. The molecule has 0 saturated heterocycles. The molecular weight excluding hydrogens is 234 g/mol. The van der Waals surface area contributed by atoms with Gasteiger partial charge in [-0.2, -0.15) is 0 Å². The summed E-state index contributed by atoms with van der Waals surface area (Å²) < 4.78 is 0. The average molecular weight is 256 g/mol. The summed E-state index contributed by atoms with van der Waals surface area (Å²) in [4.78, 5) is 2.13. The van der Waals surface area contributed by atoms with Crippen LogP contribution in [-0.2, 0) is 0 Å². The minimum absolute atomic E-state index is 0.124. The van der Waals surface area contributed by atoms with E-state index in [1.54, 1.807) is 0 Å². The minimum atomic E-state index is -0.714. The highest BCUT2D eigenvalue weighted by Crippen LogP contribution is 2.34. The number of hydrogen-bond acceptors (Lipinski definition) is 2. The molecule has 1 aromatic carbocycles. The van der Waals surface area contributed by atoms with E-state index in [4.69, 9.17) is 11.6 Å². The molecule has 0 bridgehead atoms. The standard InChI is InChI=1S/C14H22ClNO/c1-10(14(2,3)17)13(16(4)5)11-6-8-12(15)9-7-11/h6-10,13,17H,1-5H3. The molecule has 0 aliphatic carbocycles. The summed E-state index contributed by atoms with van der Waals surface area (Å²) in [5, 5.41) is 10.9. The third-order valence-electron chi connectivity index (χ3n) is 3.36. The van der Waals surface area contributed by atoms with E-state index in [-0.39, 0.29) is 12.0 Å². The highest BCUT2D eigenvalue weighted by molar-refractivity contribution is 6.30. The van der Waals surface area contributed by atoms with Crippen LogP contribution in [0.3, 0.4) is 0 Å². The van der Waals surface area contributed by atoms with E-state index in [9.17, 15) is 5.11 Å². The van der Waals surface area contributed by atoms with Gasteiger partial charge in [-0.15, -0.1) is 0 Å². The normalized spacial score (nSPS) is 16.0. The number of benzene rings is 1. The molecule has 0 saturated carbocycles. The van der Waals surface area contributed by atoms with E-state index in [2.05, 4.69) is 11.8 Å².